The average molecular weight is 522 g/mol. The number of ether oxygens (including phenoxy) is 1. The van der Waals surface area contributed by atoms with E-state index in [2.05, 4.69) is 27.5 Å². The lowest BCUT2D eigenvalue weighted by molar-refractivity contribution is -0.139. The van der Waals surface area contributed by atoms with Crippen molar-refractivity contribution in [3.05, 3.63) is 35.8 Å². The van der Waals surface area contributed by atoms with Gasteiger partial charge >= 0.3 is 6.18 Å². The molecule has 0 radical (unpaired) electrons. The highest BCUT2D eigenvalue weighted by atomic mass is 19.4. The Labute approximate surface area is 212 Å². The molecule has 8 nitrogen and oxygen atoms in total. The fourth-order valence-electron chi connectivity index (χ4n) is 5.21. The van der Waals surface area contributed by atoms with Gasteiger partial charge in [-0.15, -0.1) is 0 Å². The Morgan fingerprint density at radius 2 is 1.86 bits per heavy atom. The number of halogens is 4. The standard InChI is InChI=1S/C25H31F4N7O/c1-24(9-11-37-12-10-24)35-22-31-14-19-21(34-22)36(16-7-5-15(13-30)6-8-16)23(33-19)32-18-4-2-3-17(20(18)26)25(27,28)29/h2-4,14-16H,5-13,30H2,1H3,(H,32,33)(H,31,34,35). The van der Waals surface area contributed by atoms with Gasteiger partial charge in [0.15, 0.2) is 11.5 Å². The number of nitrogens with one attached hydrogen (secondary N) is 2. The number of hydrogen-bond donors (Lipinski definition) is 3. The SMILES string of the molecule is CC1(Nc2ncc3nc(Nc4cccc(C(F)(F)F)c4F)n(C4CCC(CN)CC4)c3n2)CCOCC1. The summed E-state index contributed by atoms with van der Waals surface area (Å²) in [5, 5.41) is 6.24. The molecular formula is C25H31F4N7O. The van der Waals surface area contributed by atoms with E-state index in [4.69, 9.17) is 15.5 Å². The van der Waals surface area contributed by atoms with Crippen LogP contribution in [0.4, 0.5) is 35.1 Å². The van der Waals surface area contributed by atoms with E-state index in [0.717, 1.165) is 44.6 Å². The number of alkyl halides is 3. The smallest absolute Gasteiger partial charge is 0.381 e. The number of hydrogen-bond acceptors (Lipinski definition) is 7. The van der Waals surface area contributed by atoms with Crippen LogP contribution in [0.2, 0.25) is 0 Å². The van der Waals surface area contributed by atoms with Crippen LogP contribution in [-0.4, -0.2) is 44.8 Å². The van der Waals surface area contributed by atoms with Gasteiger partial charge in [-0.05, 0) is 70.0 Å². The summed E-state index contributed by atoms with van der Waals surface area (Å²) in [6, 6.07) is 3.14. The van der Waals surface area contributed by atoms with Crippen molar-refractivity contribution in [3.8, 4) is 0 Å². The van der Waals surface area contributed by atoms with Gasteiger partial charge in [-0.3, -0.25) is 4.57 Å². The van der Waals surface area contributed by atoms with Gasteiger partial charge in [0, 0.05) is 24.8 Å². The number of rotatable bonds is 6. The molecule has 5 rings (SSSR count). The van der Waals surface area contributed by atoms with Crippen molar-refractivity contribution >= 4 is 28.7 Å². The van der Waals surface area contributed by atoms with Gasteiger partial charge in [0.05, 0.1) is 17.4 Å². The number of benzene rings is 1. The first-order chi connectivity index (χ1) is 17.7. The minimum absolute atomic E-state index is 0.0226. The second-order valence-corrected chi connectivity index (χ2v) is 10.2. The fourth-order valence-corrected chi connectivity index (χ4v) is 5.21. The van der Waals surface area contributed by atoms with E-state index in [-0.39, 0.29) is 23.2 Å². The summed E-state index contributed by atoms with van der Waals surface area (Å²) in [5.74, 6) is -0.288. The molecule has 1 saturated heterocycles. The molecule has 2 aliphatic rings. The number of aromatic nitrogens is 4. The molecule has 0 bridgehead atoms. The van der Waals surface area contributed by atoms with Crippen LogP contribution in [0.1, 0.15) is 57.1 Å². The van der Waals surface area contributed by atoms with Crippen LogP contribution in [0.5, 0.6) is 0 Å². The lowest BCUT2D eigenvalue weighted by Gasteiger charge is -2.34. The highest BCUT2D eigenvalue weighted by molar-refractivity contribution is 5.77. The minimum atomic E-state index is -4.81. The van der Waals surface area contributed by atoms with Gasteiger partial charge in [-0.2, -0.15) is 18.2 Å². The minimum Gasteiger partial charge on any atom is -0.381 e. The predicted molar refractivity (Wildman–Crippen MR) is 132 cm³/mol. The monoisotopic (exact) mass is 521 g/mol. The van der Waals surface area contributed by atoms with E-state index in [9.17, 15) is 17.6 Å². The lowest BCUT2D eigenvalue weighted by Crippen LogP contribution is -2.41. The van der Waals surface area contributed by atoms with Crippen molar-refractivity contribution in [3.63, 3.8) is 0 Å². The molecule has 12 heteroatoms. The Morgan fingerprint density at radius 3 is 2.54 bits per heavy atom. The topological polar surface area (TPSA) is 103 Å². The van der Waals surface area contributed by atoms with E-state index in [0.29, 0.717) is 42.8 Å². The maximum atomic E-state index is 14.9. The van der Waals surface area contributed by atoms with Crippen LogP contribution in [0.3, 0.4) is 0 Å². The zero-order chi connectivity index (χ0) is 26.2. The molecule has 2 fully saturated rings. The van der Waals surface area contributed by atoms with Gasteiger partial charge < -0.3 is 21.1 Å². The third-order valence-corrected chi connectivity index (χ3v) is 7.51. The van der Waals surface area contributed by atoms with Gasteiger partial charge in [0.1, 0.15) is 5.52 Å². The molecule has 3 aromatic rings. The molecule has 1 aliphatic carbocycles. The fraction of sp³-hybridized carbons (Fsp3) is 0.560. The summed E-state index contributed by atoms with van der Waals surface area (Å²) in [7, 11) is 0. The summed E-state index contributed by atoms with van der Waals surface area (Å²) in [4.78, 5) is 13.8. The van der Waals surface area contributed by atoms with Gasteiger partial charge in [-0.25, -0.2) is 14.4 Å². The third-order valence-electron chi connectivity index (χ3n) is 7.51. The highest BCUT2D eigenvalue weighted by Gasteiger charge is 2.35. The molecule has 0 atom stereocenters. The first kappa shape index (κ1) is 25.7. The van der Waals surface area contributed by atoms with Crippen molar-refractivity contribution in [1.82, 2.24) is 19.5 Å². The van der Waals surface area contributed by atoms with E-state index < -0.39 is 17.6 Å². The second kappa shape index (κ2) is 10.1. The Morgan fingerprint density at radius 1 is 1.14 bits per heavy atom. The van der Waals surface area contributed by atoms with Crippen molar-refractivity contribution in [2.24, 2.45) is 11.7 Å². The van der Waals surface area contributed by atoms with Crippen LogP contribution in [0.15, 0.2) is 24.4 Å². The quantitative estimate of drug-likeness (QED) is 0.373. The first-order valence-corrected chi connectivity index (χ1v) is 12.6. The first-order valence-electron chi connectivity index (χ1n) is 12.6. The van der Waals surface area contributed by atoms with Crippen LogP contribution in [0, 0.1) is 11.7 Å². The summed E-state index contributed by atoms with van der Waals surface area (Å²) >= 11 is 0. The van der Waals surface area contributed by atoms with Crippen LogP contribution in [-0.2, 0) is 10.9 Å². The number of anilines is 3. The zero-order valence-corrected chi connectivity index (χ0v) is 20.6. The second-order valence-electron chi connectivity index (χ2n) is 10.2. The molecule has 3 heterocycles. The molecule has 1 saturated carbocycles. The van der Waals surface area contributed by atoms with Crippen LogP contribution < -0.4 is 16.4 Å². The van der Waals surface area contributed by atoms with E-state index >= 15 is 0 Å². The van der Waals surface area contributed by atoms with Crippen LogP contribution >= 0.6 is 0 Å². The average Bonchev–Trinajstić information content (AvgIpc) is 3.22. The Bertz CT molecular complexity index is 1250. The lowest BCUT2D eigenvalue weighted by atomic mass is 9.86. The van der Waals surface area contributed by atoms with Crippen molar-refractivity contribution in [2.75, 3.05) is 30.4 Å². The molecule has 0 unspecified atom stereocenters. The van der Waals surface area contributed by atoms with E-state index in [1.165, 1.54) is 12.1 Å². The van der Waals surface area contributed by atoms with Crippen molar-refractivity contribution < 1.29 is 22.3 Å². The predicted octanol–water partition coefficient (Wildman–Crippen LogP) is 5.40. The molecule has 200 valence electrons. The highest BCUT2D eigenvalue weighted by Crippen LogP contribution is 2.39. The maximum Gasteiger partial charge on any atom is 0.419 e. The molecule has 1 aromatic carbocycles. The van der Waals surface area contributed by atoms with Crippen LogP contribution in [0.25, 0.3) is 11.2 Å². The Balaban J connectivity index is 1.54. The van der Waals surface area contributed by atoms with E-state index in [1.807, 2.05) is 4.57 Å². The summed E-state index contributed by atoms with van der Waals surface area (Å²) in [5.41, 5.74) is 5.03. The molecule has 0 spiro atoms. The van der Waals surface area contributed by atoms with Gasteiger partial charge in [0.25, 0.3) is 0 Å². The Hall–Kier alpha value is -2.99. The van der Waals surface area contributed by atoms with Gasteiger partial charge in [0.2, 0.25) is 11.9 Å². The molecule has 2 aromatic heterocycles. The normalized spacial score (nSPS) is 22.2. The summed E-state index contributed by atoms with van der Waals surface area (Å²) < 4.78 is 62.2. The summed E-state index contributed by atoms with van der Waals surface area (Å²) in [6.07, 6.45) is 1.80. The number of nitrogens with two attached hydrogens (primary N) is 1. The van der Waals surface area contributed by atoms with Crippen molar-refractivity contribution in [2.45, 2.75) is 63.2 Å². The zero-order valence-electron chi connectivity index (χ0n) is 20.6. The molecule has 37 heavy (non-hydrogen) atoms. The molecule has 4 N–H and O–H groups in total. The molecule has 1 aliphatic heterocycles. The number of nitrogens with zero attached hydrogens (tertiary/aromatic N) is 4. The summed E-state index contributed by atoms with van der Waals surface area (Å²) in [6.45, 7) is 3.99. The Kier molecular flexibility index (Phi) is 6.97. The largest absolute Gasteiger partial charge is 0.419 e. The third kappa shape index (κ3) is 5.35. The maximum absolute atomic E-state index is 14.9. The molecule has 0 amide bonds. The van der Waals surface area contributed by atoms with E-state index in [1.54, 1.807) is 6.20 Å². The number of imidazole rings is 1. The molecular weight excluding hydrogens is 490 g/mol. The van der Waals surface area contributed by atoms with Crippen molar-refractivity contribution in [1.29, 1.82) is 0 Å². The number of fused-ring (bicyclic) bond motifs is 1. The van der Waals surface area contributed by atoms with Gasteiger partial charge in [-0.1, -0.05) is 6.07 Å².